The number of carbonyl (C=O) groups is 1. The molecule has 0 radical (unpaired) electrons. The molecule has 0 saturated carbocycles. The maximum Gasteiger partial charge on any atom is 0.233 e. The van der Waals surface area contributed by atoms with E-state index >= 15 is 0 Å². The van der Waals surface area contributed by atoms with E-state index in [-0.39, 0.29) is 29.5 Å². The van der Waals surface area contributed by atoms with E-state index in [0.717, 1.165) is 22.3 Å². The van der Waals surface area contributed by atoms with Gasteiger partial charge in [-0.2, -0.15) is 0 Å². The Morgan fingerprint density at radius 2 is 1.35 bits per heavy atom. The predicted octanol–water partition coefficient (Wildman–Crippen LogP) is 7.49. The molecule has 3 nitrogen and oxygen atoms in total. The van der Waals surface area contributed by atoms with Crippen molar-refractivity contribution < 1.29 is 18.7 Å². The van der Waals surface area contributed by atoms with Crippen LogP contribution < -0.4 is 4.90 Å². The molecule has 1 heterocycles. The second-order valence-corrected chi connectivity index (χ2v) is 9.33. The normalized spacial score (nSPS) is 17.8. The van der Waals surface area contributed by atoms with E-state index in [0.29, 0.717) is 24.1 Å². The molecule has 3 atom stereocenters. The fraction of sp³-hybridized carbons (Fsp3) is 0.156. The Kier molecular flexibility index (Phi) is 6.97. The number of aliphatic hydroxyl groups excluding tert-OH is 1. The van der Waals surface area contributed by atoms with Gasteiger partial charge in [0.15, 0.2) is 0 Å². The van der Waals surface area contributed by atoms with Gasteiger partial charge >= 0.3 is 0 Å². The van der Waals surface area contributed by atoms with Gasteiger partial charge in [0.05, 0.1) is 18.1 Å². The van der Waals surface area contributed by atoms with E-state index < -0.39 is 6.10 Å². The molecule has 0 spiro atoms. The zero-order chi connectivity index (χ0) is 25.9. The molecule has 1 aliphatic rings. The van der Waals surface area contributed by atoms with Crippen LogP contribution >= 0.6 is 0 Å². The molecular formula is C32H27F2NO2. The summed E-state index contributed by atoms with van der Waals surface area (Å²) in [5, 5.41) is 10.6. The highest BCUT2D eigenvalue weighted by molar-refractivity contribution is 6.03. The Hall–Kier alpha value is -4.09. The molecule has 1 N–H and O–H groups in total. The lowest BCUT2D eigenvalue weighted by Gasteiger charge is -2.48. The molecule has 5 rings (SSSR count). The van der Waals surface area contributed by atoms with Crippen LogP contribution in [0.15, 0.2) is 104 Å². The highest BCUT2D eigenvalue weighted by atomic mass is 19.1. The predicted molar refractivity (Wildman–Crippen MR) is 143 cm³/mol. The van der Waals surface area contributed by atoms with E-state index in [1.807, 2.05) is 48.5 Å². The number of aliphatic hydroxyl groups is 1. The fourth-order valence-corrected chi connectivity index (χ4v) is 4.97. The van der Waals surface area contributed by atoms with E-state index in [4.69, 9.17) is 0 Å². The van der Waals surface area contributed by atoms with Gasteiger partial charge < -0.3 is 10.0 Å². The summed E-state index contributed by atoms with van der Waals surface area (Å²) in [7, 11) is 0. The van der Waals surface area contributed by atoms with Gasteiger partial charge in [0, 0.05) is 5.69 Å². The number of carbonyl (C=O) groups excluding carboxylic acids is 1. The van der Waals surface area contributed by atoms with Crippen LogP contribution in [0.25, 0.3) is 17.2 Å². The average molecular weight is 496 g/mol. The first-order valence-corrected chi connectivity index (χ1v) is 12.3. The number of halogens is 2. The minimum atomic E-state index is -0.796. The van der Waals surface area contributed by atoms with Crippen molar-refractivity contribution in [3.63, 3.8) is 0 Å². The molecule has 4 aromatic carbocycles. The maximum atomic E-state index is 13.6. The number of nitrogens with zero attached hydrogens (tertiary/aromatic N) is 1. The van der Waals surface area contributed by atoms with Crippen molar-refractivity contribution in [2.75, 3.05) is 4.90 Å². The van der Waals surface area contributed by atoms with Crippen molar-refractivity contribution in [1.29, 1.82) is 0 Å². The molecule has 1 fully saturated rings. The lowest BCUT2D eigenvalue weighted by molar-refractivity contribution is -0.131. The van der Waals surface area contributed by atoms with E-state index in [9.17, 15) is 18.7 Å². The second-order valence-electron chi connectivity index (χ2n) is 9.33. The lowest BCUT2D eigenvalue weighted by Crippen LogP contribution is -2.55. The number of rotatable bonds is 8. The van der Waals surface area contributed by atoms with Gasteiger partial charge in [-0.05, 0) is 77.1 Å². The molecule has 0 bridgehead atoms. The number of hydrogen-bond acceptors (Lipinski definition) is 2. The van der Waals surface area contributed by atoms with Gasteiger partial charge in [0.25, 0.3) is 0 Å². The smallest absolute Gasteiger partial charge is 0.233 e. The van der Waals surface area contributed by atoms with Crippen molar-refractivity contribution in [2.45, 2.75) is 25.0 Å². The molecule has 186 valence electrons. The van der Waals surface area contributed by atoms with Gasteiger partial charge in [-0.1, -0.05) is 73.3 Å². The Labute approximate surface area is 215 Å². The Bertz CT molecular complexity index is 1380. The first-order valence-electron chi connectivity index (χ1n) is 12.3. The summed E-state index contributed by atoms with van der Waals surface area (Å²) >= 11 is 0. The first-order chi connectivity index (χ1) is 17.9. The summed E-state index contributed by atoms with van der Waals surface area (Å²) < 4.78 is 26.8. The van der Waals surface area contributed by atoms with Crippen LogP contribution in [-0.2, 0) is 4.79 Å². The summed E-state index contributed by atoms with van der Waals surface area (Å²) in [6.07, 6.45) is 1.83. The average Bonchev–Trinajstić information content (AvgIpc) is 2.93. The molecule has 0 aliphatic carbocycles. The molecule has 1 aliphatic heterocycles. The van der Waals surface area contributed by atoms with Crippen LogP contribution in [0.5, 0.6) is 0 Å². The highest BCUT2D eigenvalue weighted by Gasteiger charge is 2.48. The minimum absolute atomic E-state index is 0.0630. The highest BCUT2D eigenvalue weighted by Crippen LogP contribution is 2.46. The summed E-state index contributed by atoms with van der Waals surface area (Å²) in [5.41, 5.74) is 5.41. The van der Waals surface area contributed by atoms with E-state index in [1.54, 1.807) is 35.2 Å². The standard InChI is InChI=1S/C32H27F2NO2/c1-2-21-3-5-22(6-4-21)23-7-9-25(10-8-23)31-29(19-20-30(36)24-11-13-26(33)14-12-24)32(37)35(31)28-17-15-27(34)16-18-28/h2-18,29-31,36H,1,19-20H2/t29?,30-,31+/m0/s1. The third-order valence-electron chi connectivity index (χ3n) is 7.06. The Balaban J connectivity index is 1.39. The van der Waals surface area contributed by atoms with Gasteiger partial charge in [-0.3, -0.25) is 4.79 Å². The SMILES string of the molecule is C=Cc1ccc(-c2ccc([C@@H]3C(CC[C@H](O)c4ccc(F)cc4)C(=O)N3c3ccc(F)cc3)cc2)cc1. The molecule has 5 heteroatoms. The summed E-state index contributed by atoms with van der Waals surface area (Å²) in [5.74, 6) is -1.12. The zero-order valence-electron chi connectivity index (χ0n) is 20.2. The molecule has 1 unspecified atom stereocenters. The fourth-order valence-electron chi connectivity index (χ4n) is 4.97. The van der Waals surface area contributed by atoms with E-state index in [1.165, 1.54) is 24.3 Å². The molecule has 4 aromatic rings. The summed E-state index contributed by atoms with van der Waals surface area (Å²) in [6, 6.07) is 27.7. The molecule has 1 saturated heterocycles. The van der Waals surface area contributed by atoms with Gasteiger partial charge in [-0.25, -0.2) is 8.78 Å². The third-order valence-corrected chi connectivity index (χ3v) is 7.06. The zero-order valence-corrected chi connectivity index (χ0v) is 20.2. The van der Waals surface area contributed by atoms with Crippen LogP contribution in [-0.4, -0.2) is 11.0 Å². The maximum absolute atomic E-state index is 13.6. The Morgan fingerprint density at radius 1 is 0.811 bits per heavy atom. The van der Waals surface area contributed by atoms with Crippen molar-refractivity contribution in [1.82, 2.24) is 0 Å². The topological polar surface area (TPSA) is 40.5 Å². The second kappa shape index (κ2) is 10.5. The quantitative estimate of drug-likeness (QED) is 0.257. The number of amides is 1. The van der Waals surface area contributed by atoms with Crippen molar-refractivity contribution in [3.05, 3.63) is 132 Å². The van der Waals surface area contributed by atoms with Crippen molar-refractivity contribution >= 4 is 17.7 Å². The summed E-state index contributed by atoms with van der Waals surface area (Å²) in [4.78, 5) is 15.0. The molecule has 1 amide bonds. The third kappa shape index (κ3) is 5.09. The lowest BCUT2D eigenvalue weighted by atomic mass is 9.78. The largest absolute Gasteiger partial charge is 0.388 e. The van der Waals surface area contributed by atoms with E-state index in [2.05, 4.69) is 6.58 Å². The number of benzene rings is 4. The van der Waals surface area contributed by atoms with Gasteiger partial charge in [-0.15, -0.1) is 0 Å². The molecule has 37 heavy (non-hydrogen) atoms. The van der Waals surface area contributed by atoms with Crippen LogP contribution in [0.2, 0.25) is 0 Å². The molecular weight excluding hydrogens is 468 g/mol. The van der Waals surface area contributed by atoms with Crippen molar-refractivity contribution in [2.24, 2.45) is 5.92 Å². The van der Waals surface area contributed by atoms with Crippen molar-refractivity contribution in [3.8, 4) is 11.1 Å². The number of β-lactam (4-membered cyclic amide) rings is 1. The van der Waals surface area contributed by atoms with Crippen LogP contribution in [0, 0.1) is 17.6 Å². The van der Waals surface area contributed by atoms with Gasteiger partial charge in [0.1, 0.15) is 11.6 Å². The molecule has 0 aromatic heterocycles. The van der Waals surface area contributed by atoms with Crippen LogP contribution in [0.3, 0.4) is 0 Å². The number of hydrogen-bond donors (Lipinski definition) is 1. The number of anilines is 1. The minimum Gasteiger partial charge on any atom is -0.388 e. The summed E-state index contributed by atoms with van der Waals surface area (Å²) in [6.45, 7) is 3.79. The first kappa shape index (κ1) is 24.6. The monoisotopic (exact) mass is 495 g/mol. The van der Waals surface area contributed by atoms with Gasteiger partial charge in [0.2, 0.25) is 5.91 Å². The van der Waals surface area contributed by atoms with Crippen LogP contribution in [0.1, 0.15) is 41.7 Å². The Morgan fingerprint density at radius 3 is 1.92 bits per heavy atom. The van der Waals surface area contributed by atoms with Crippen LogP contribution in [0.4, 0.5) is 14.5 Å².